The molecule has 0 N–H and O–H groups in total. The predicted molar refractivity (Wildman–Crippen MR) is 48.6 cm³/mol. The smallest absolute Gasteiger partial charge is 0.129 e. The van der Waals surface area contributed by atoms with Crippen LogP contribution in [0.15, 0.2) is 42.7 Å². The molecule has 1 aromatic carbocycles. The summed E-state index contributed by atoms with van der Waals surface area (Å²) in [7, 11) is 0. The third kappa shape index (κ3) is 1.22. The van der Waals surface area contributed by atoms with Crippen molar-refractivity contribution in [3.05, 3.63) is 48.2 Å². The second kappa shape index (κ2) is 3.02. The number of benzene rings is 1. The van der Waals surface area contributed by atoms with Crippen LogP contribution in [0.1, 0.15) is 18.6 Å². The highest BCUT2D eigenvalue weighted by Crippen LogP contribution is 2.31. The molecule has 12 heavy (non-hydrogen) atoms. The van der Waals surface area contributed by atoms with Crippen molar-refractivity contribution in [1.29, 1.82) is 0 Å². The molecule has 0 aromatic heterocycles. The Bertz CT molecular complexity index is 276. The Balaban J connectivity index is 2.22. The summed E-state index contributed by atoms with van der Waals surface area (Å²) >= 11 is 0. The molecule has 1 aliphatic heterocycles. The van der Waals surface area contributed by atoms with Crippen LogP contribution >= 0.6 is 0 Å². The van der Waals surface area contributed by atoms with Gasteiger partial charge in [-0.25, -0.2) is 0 Å². The van der Waals surface area contributed by atoms with Gasteiger partial charge < -0.3 is 4.74 Å². The monoisotopic (exact) mass is 160 g/mol. The average Bonchev–Trinajstić information content (AvgIpc) is 2.53. The van der Waals surface area contributed by atoms with Crippen molar-refractivity contribution >= 4 is 0 Å². The molecule has 0 saturated heterocycles. The van der Waals surface area contributed by atoms with Gasteiger partial charge in [0, 0.05) is 5.92 Å². The van der Waals surface area contributed by atoms with Crippen molar-refractivity contribution in [2.45, 2.75) is 13.0 Å². The van der Waals surface area contributed by atoms with Gasteiger partial charge in [-0.05, 0) is 11.6 Å². The lowest BCUT2D eigenvalue weighted by molar-refractivity contribution is 0.142. The van der Waals surface area contributed by atoms with E-state index in [-0.39, 0.29) is 6.10 Å². The van der Waals surface area contributed by atoms with Crippen molar-refractivity contribution in [1.82, 2.24) is 0 Å². The Morgan fingerprint density at radius 2 is 1.92 bits per heavy atom. The highest BCUT2D eigenvalue weighted by atomic mass is 16.5. The van der Waals surface area contributed by atoms with Crippen molar-refractivity contribution in [2.75, 3.05) is 0 Å². The minimum absolute atomic E-state index is 0.228. The van der Waals surface area contributed by atoms with E-state index in [2.05, 4.69) is 25.1 Å². The molecule has 0 spiro atoms. The summed E-state index contributed by atoms with van der Waals surface area (Å²) in [5.74, 6) is 0.493. The molecule has 1 aromatic rings. The zero-order valence-corrected chi connectivity index (χ0v) is 7.10. The van der Waals surface area contributed by atoms with E-state index in [0.717, 1.165) is 0 Å². The lowest BCUT2D eigenvalue weighted by Crippen LogP contribution is -2.03. The molecule has 0 radical (unpaired) electrons. The average molecular weight is 160 g/mol. The van der Waals surface area contributed by atoms with Crippen LogP contribution in [0.4, 0.5) is 0 Å². The first-order valence-corrected chi connectivity index (χ1v) is 4.25. The normalized spacial score (nSPS) is 27.1. The topological polar surface area (TPSA) is 9.23 Å². The Morgan fingerprint density at radius 3 is 2.50 bits per heavy atom. The maximum absolute atomic E-state index is 5.47. The molecule has 1 aliphatic rings. The minimum Gasteiger partial charge on any atom is -0.493 e. The van der Waals surface area contributed by atoms with Crippen molar-refractivity contribution in [3.8, 4) is 0 Å². The Hall–Kier alpha value is -1.24. The van der Waals surface area contributed by atoms with E-state index < -0.39 is 0 Å². The molecule has 2 rings (SSSR count). The molecule has 0 aliphatic carbocycles. The second-order valence-electron chi connectivity index (χ2n) is 3.16. The summed E-state index contributed by atoms with van der Waals surface area (Å²) < 4.78 is 5.47. The molecule has 0 bridgehead atoms. The maximum atomic E-state index is 5.47. The van der Waals surface area contributed by atoms with Gasteiger partial charge in [0.15, 0.2) is 0 Å². The van der Waals surface area contributed by atoms with Crippen molar-refractivity contribution in [2.24, 2.45) is 5.92 Å². The highest BCUT2D eigenvalue weighted by molar-refractivity contribution is 5.20. The summed E-state index contributed by atoms with van der Waals surface area (Å²) in [6.45, 7) is 2.17. The van der Waals surface area contributed by atoms with E-state index in [0.29, 0.717) is 5.92 Å². The predicted octanol–water partition coefficient (Wildman–Crippen LogP) is 2.91. The Labute approximate surface area is 72.7 Å². The first-order valence-electron chi connectivity index (χ1n) is 4.25. The van der Waals surface area contributed by atoms with Crippen LogP contribution < -0.4 is 0 Å². The van der Waals surface area contributed by atoms with Crippen molar-refractivity contribution < 1.29 is 4.74 Å². The van der Waals surface area contributed by atoms with E-state index in [1.165, 1.54) is 5.56 Å². The standard InChI is InChI=1S/C11H12O/c1-9-7-8-12-11(9)10-5-3-2-4-6-10/h2-9,11H,1H3/t9-,11+/m0/s1. The molecule has 0 saturated carbocycles. The van der Waals surface area contributed by atoms with E-state index in [1.54, 1.807) is 6.26 Å². The molecule has 62 valence electrons. The summed E-state index contributed by atoms with van der Waals surface area (Å²) in [5.41, 5.74) is 1.26. The second-order valence-corrected chi connectivity index (χ2v) is 3.16. The molecule has 0 unspecified atom stereocenters. The quantitative estimate of drug-likeness (QED) is 0.613. The first-order chi connectivity index (χ1) is 5.88. The number of ether oxygens (including phenoxy) is 1. The minimum atomic E-state index is 0.228. The molecule has 0 fully saturated rings. The van der Waals surface area contributed by atoms with Gasteiger partial charge in [-0.2, -0.15) is 0 Å². The van der Waals surface area contributed by atoms with Gasteiger partial charge in [0.25, 0.3) is 0 Å². The van der Waals surface area contributed by atoms with Gasteiger partial charge in [0.2, 0.25) is 0 Å². The van der Waals surface area contributed by atoms with Gasteiger partial charge in [-0.1, -0.05) is 37.3 Å². The summed E-state index contributed by atoms with van der Waals surface area (Å²) in [6.07, 6.45) is 4.12. The molecule has 1 heterocycles. The van der Waals surface area contributed by atoms with Gasteiger partial charge >= 0.3 is 0 Å². The number of hydrogen-bond acceptors (Lipinski definition) is 1. The molecule has 1 nitrogen and oxygen atoms in total. The molecule has 0 amide bonds. The number of hydrogen-bond donors (Lipinski definition) is 0. The molecule has 2 atom stereocenters. The Morgan fingerprint density at radius 1 is 1.17 bits per heavy atom. The van der Waals surface area contributed by atoms with Crippen LogP contribution in [0, 0.1) is 5.92 Å². The van der Waals surface area contributed by atoms with Crippen LogP contribution in [0.25, 0.3) is 0 Å². The fraction of sp³-hybridized carbons (Fsp3) is 0.273. The highest BCUT2D eigenvalue weighted by Gasteiger charge is 2.21. The van der Waals surface area contributed by atoms with Crippen LogP contribution in [0.2, 0.25) is 0 Å². The van der Waals surface area contributed by atoms with Gasteiger partial charge in [0.1, 0.15) is 6.10 Å². The third-order valence-electron chi connectivity index (χ3n) is 2.21. The largest absolute Gasteiger partial charge is 0.493 e. The van der Waals surface area contributed by atoms with Crippen molar-refractivity contribution in [3.63, 3.8) is 0 Å². The van der Waals surface area contributed by atoms with E-state index >= 15 is 0 Å². The fourth-order valence-electron chi connectivity index (χ4n) is 1.50. The molecular weight excluding hydrogens is 148 g/mol. The van der Waals surface area contributed by atoms with Gasteiger partial charge in [-0.3, -0.25) is 0 Å². The van der Waals surface area contributed by atoms with Crippen LogP contribution in [0.5, 0.6) is 0 Å². The Kier molecular flexibility index (Phi) is 1.86. The van der Waals surface area contributed by atoms with E-state index in [9.17, 15) is 0 Å². The lowest BCUT2D eigenvalue weighted by atomic mass is 9.99. The lowest BCUT2D eigenvalue weighted by Gasteiger charge is -2.14. The fourth-order valence-corrected chi connectivity index (χ4v) is 1.50. The molecular formula is C11H12O. The summed E-state index contributed by atoms with van der Waals surface area (Å²) in [4.78, 5) is 0. The van der Waals surface area contributed by atoms with E-state index in [4.69, 9.17) is 4.74 Å². The third-order valence-corrected chi connectivity index (χ3v) is 2.21. The first kappa shape index (κ1) is 7.41. The van der Waals surface area contributed by atoms with Crippen LogP contribution in [0.3, 0.4) is 0 Å². The van der Waals surface area contributed by atoms with Crippen LogP contribution in [-0.4, -0.2) is 0 Å². The maximum Gasteiger partial charge on any atom is 0.129 e. The van der Waals surface area contributed by atoms with E-state index in [1.807, 2.05) is 18.2 Å². The van der Waals surface area contributed by atoms with Crippen LogP contribution in [-0.2, 0) is 4.74 Å². The molecule has 1 heteroatoms. The van der Waals surface area contributed by atoms with Gasteiger partial charge in [0.05, 0.1) is 6.26 Å². The van der Waals surface area contributed by atoms with Gasteiger partial charge in [-0.15, -0.1) is 0 Å². The number of rotatable bonds is 1. The SMILES string of the molecule is C[C@H]1C=CO[C@H]1c1ccccc1. The summed E-state index contributed by atoms with van der Waals surface area (Å²) in [5, 5.41) is 0. The zero-order valence-electron chi connectivity index (χ0n) is 7.10. The summed E-state index contributed by atoms with van der Waals surface area (Å²) in [6, 6.07) is 10.3. The zero-order chi connectivity index (χ0) is 8.39.